The summed E-state index contributed by atoms with van der Waals surface area (Å²) >= 11 is 4.82. The molecule has 1 rings (SSSR count). The lowest BCUT2D eigenvalue weighted by atomic mass is 10.2. The maximum atomic E-state index is 5.47. The third-order valence-electron chi connectivity index (χ3n) is 1.45. The van der Waals surface area contributed by atoms with Crippen LogP contribution in [0.4, 0.5) is 0 Å². The van der Waals surface area contributed by atoms with Crippen molar-refractivity contribution >= 4 is 17.2 Å². The molecule has 4 nitrogen and oxygen atoms in total. The molecule has 0 saturated carbocycles. The Bertz CT molecular complexity index is 328. The van der Waals surface area contributed by atoms with Crippen molar-refractivity contribution in [3.63, 3.8) is 0 Å². The van der Waals surface area contributed by atoms with Gasteiger partial charge in [0.1, 0.15) is 4.99 Å². The molecule has 0 fully saturated rings. The first-order chi connectivity index (χ1) is 6.61. The monoisotopic (exact) mass is 211 g/mol. The maximum Gasteiger partial charge on any atom is 0.243 e. The van der Waals surface area contributed by atoms with Crippen LogP contribution in [-0.2, 0) is 0 Å². The number of aromatic nitrogens is 2. The van der Waals surface area contributed by atoms with E-state index in [0.29, 0.717) is 24.1 Å². The zero-order valence-electron chi connectivity index (χ0n) is 8.23. The van der Waals surface area contributed by atoms with Gasteiger partial charge in [0.25, 0.3) is 0 Å². The first-order valence-corrected chi connectivity index (χ1v) is 4.75. The first kappa shape index (κ1) is 10.8. The quantitative estimate of drug-likeness (QED) is 0.757. The molecule has 0 aromatic carbocycles. The third kappa shape index (κ3) is 2.92. The van der Waals surface area contributed by atoms with Gasteiger partial charge in [0, 0.05) is 12.4 Å². The molecule has 0 amide bonds. The predicted octanol–water partition coefficient (Wildman–Crippen LogP) is 1.15. The van der Waals surface area contributed by atoms with Crippen molar-refractivity contribution < 1.29 is 4.74 Å². The first-order valence-electron chi connectivity index (χ1n) is 4.35. The third-order valence-corrected chi connectivity index (χ3v) is 1.64. The second-order valence-electron chi connectivity index (χ2n) is 3.28. The van der Waals surface area contributed by atoms with Crippen molar-refractivity contribution in [1.82, 2.24) is 9.97 Å². The van der Waals surface area contributed by atoms with Gasteiger partial charge in [-0.15, -0.1) is 0 Å². The average molecular weight is 211 g/mol. The molecule has 14 heavy (non-hydrogen) atoms. The Morgan fingerprint density at radius 2 is 2.14 bits per heavy atom. The Morgan fingerprint density at radius 3 is 2.71 bits per heavy atom. The van der Waals surface area contributed by atoms with E-state index in [2.05, 4.69) is 23.8 Å². The van der Waals surface area contributed by atoms with E-state index in [0.717, 1.165) is 0 Å². The summed E-state index contributed by atoms with van der Waals surface area (Å²) in [6, 6.07) is 0. The topological polar surface area (TPSA) is 61.0 Å². The largest absolute Gasteiger partial charge is 0.476 e. The zero-order valence-corrected chi connectivity index (χ0v) is 9.04. The van der Waals surface area contributed by atoms with E-state index in [1.807, 2.05) is 0 Å². The van der Waals surface area contributed by atoms with Crippen LogP contribution >= 0.6 is 12.2 Å². The standard InChI is InChI=1S/C9H13N3OS/c1-6(2)5-13-9-7(8(10)14)11-3-4-12-9/h3-4,6H,5H2,1-2H3,(H2,10,14). The lowest BCUT2D eigenvalue weighted by Gasteiger charge is -2.09. The molecule has 1 heterocycles. The Kier molecular flexibility index (Phi) is 3.76. The normalized spacial score (nSPS) is 10.2. The van der Waals surface area contributed by atoms with E-state index in [-0.39, 0.29) is 4.99 Å². The van der Waals surface area contributed by atoms with E-state index in [4.69, 9.17) is 22.7 Å². The lowest BCUT2D eigenvalue weighted by Crippen LogP contribution is -2.16. The van der Waals surface area contributed by atoms with Crippen LogP contribution in [0.25, 0.3) is 0 Å². The molecule has 1 aromatic rings. The average Bonchev–Trinajstić information content (AvgIpc) is 2.15. The summed E-state index contributed by atoms with van der Waals surface area (Å²) in [6.45, 7) is 4.68. The fraction of sp³-hybridized carbons (Fsp3) is 0.444. The number of hydrogen-bond donors (Lipinski definition) is 1. The molecule has 0 aliphatic carbocycles. The van der Waals surface area contributed by atoms with Crippen molar-refractivity contribution in [2.75, 3.05) is 6.61 Å². The Hall–Kier alpha value is -1.23. The minimum atomic E-state index is 0.205. The van der Waals surface area contributed by atoms with Gasteiger partial charge in [-0.3, -0.25) is 0 Å². The van der Waals surface area contributed by atoms with Crippen LogP contribution in [0.1, 0.15) is 19.5 Å². The molecule has 0 aliphatic rings. The summed E-state index contributed by atoms with van der Waals surface area (Å²) in [6.07, 6.45) is 3.09. The van der Waals surface area contributed by atoms with Gasteiger partial charge < -0.3 is 10.5 Å². The second kappa shape index (κ2) is 4.85. The van der Waals surface area contributed by atoms with Crippen LogP contribution < -0.4 is 10.5 Å². The molecule has 1 aromatic heterocycles. The van der Waals surface area contributed by atoms with Crippen molar-refractivity contribution in [3.8, 4) is 5.88 Å². The summed E-state index contributed by atoms with van der Waals surface area (Å²) in [5.74, 6) is 0.838. The summed E-state index contributed by atoms with van der Waals surface area (Å²) < 4.78 is 5.42. The van der Waals surface area contributed by atoms with Crippen LogP contribution in [0.3, 0.4) is 0 Å². The van der Waals surface area contributed by atoms with Crippen LogP contribution in [0.5, 0.6) is 5.88 Å². The fourth-order valence-electron chi connectivity index (χ4n) is 0.846. The van der Waals surface area contributed by atoms with Crippen LogP contribution in [0.15, 0.2) is 12.4 Å². The number of nitrogens with zero attached hydrogens (tertiary/aromatic N) is 2. The Labute approximate surface area is 88.5 Å². The van der Waals surface area contributed by atoms with Gasteiger partial charge in [-0.1, -0.05) is 26.1 Å². The molecule has 5 heteroatoms. The Balaban J connectivity index is 2.79. The second-order valence-corrected chi connectivity index (χ2v) is 3.72. The van der Waals surface area contributed by atoms with Gasteiger partial charge in [0.05, 0.1) is 6.61 Å². The molecule has 0 atom stereocenters. The van der Waals surface area contributed by atoms with E-state index < -0.39 is 0 Å². The Morgan fingerprint density at radius 1 is 1.50 bits per heavy atom. The fourth-order valence-corrected chi connectivity index (χ4v) is 0.986. The van der Waals surface area contributed by atoms with E-state index in [1.165, 1.54) is 6.20 Å². The smallest absolute Gasteiger partial charge is 0.243 e. The van der Waals surface area contributed by atoms with Crippen molar-refractivity contribution in [3.05, 3.63) is 18.1 Å². The van der Waals surface area contributed by atoms with Gasteiger partial charge >= 0.3 is 0 Å². The van der Waals surface area contributed by atoms with Crippen LogP contribution in [0, 0.1) is 5.92 Å². The lowest BCUT2D eigenvalue weighted by molar-refractivity contribution is 0.260. The van der Waals surface area contributed by atoms with E-state index in [1.54, 1.807) is 6.20 Å². The molecular weight excluding hydrogens is 198 g/mol. The van der Waals surface area contributed by atoms with Crippen molar-refractivity contribution in [1.29, 1.82) is 0 Å². The number of thiocarbonyl (C=S) groups is 1. The highest BCUT2D eigenvalue weighted by atomic mass is 32.1. The summed E-state index contributed by atoms with van der Waals surface area (Å²) in [5.41, 5.74) is 5.92. The van der Waals surface area contributed by atoms with Gasteiger partial charge in [-0.25, -0.2) is 9.97 Å². The number of rotatable bonds is 4. The SMILES string of the molecule is CC(C)COc1nccnc1C(N)=S. The number of ether oxygens (including phenoxy) is 1. The molecule has 0 radical (unpaired) electrons. The van der Waals surface area contributed by atoms with Crippen LogP contribution in [0.2, 0.25) is 0 Å². The van der Waals surface area contributed by atoms with Crippen molar-refractivity contribution in [2.24, 2.45) is 11.7 Å². The minimum Gasteiger partial charge on any atom is -0.476 e. The van der Waals surface area contributed by atoms with Gasteiger partial charge in [0.15, 0.2) is 5.69 Å². The van der Waals surface area contributed by atoms with Gasteiger partial charge in [-0.2, -0.15) is 0 Å². The van der Waals surface area contributed by atoms with Gasteiger partial charge in [-0.05, 0) is 5.92 Å². The summed E-state index contributed by atoms with van der Waals surface area (Å²) in [5, 5.41) is 0. The summed E-state index contributed by atoms with van der Waals surface area (Å²) in [4.78, 5) is 8.23. The summed E-state index contributed by atoms with van der Waals surface area (Å²) in [7, 11) is 0. The van der Waals surface area contributed by atoms with Crippen LogP contribution in [-0.4, -0.2) is 21.6 Å². The van der Waals surface area contributed by atoms with E-state index >= 15 is 0 Å². The molecule has 0 bridgehead atoms. The van der Waals surface area contributed by atoms with Crippen molar-refractivity contribution in [2.45, 2.75) is 13.8 Å². The number of nitrogens with two attached hydrogens (primary N) is 1. The minimum absolute atomic E-state index is 0.205. The molecule has 0 aliphatic heterocycles. The molecular formula is C9H13N3OS. The number of hydrogen-bond acceptors (Lipinski definition) is 4. The molecule has 0 saturated heterocycles. The maximum absolute atomic E-state index is 5.47. The molecule has 2 N–H and O–H groups in total. The molecule has 0 spiro atoms. The predicted molar refractivity (Wildman–Crippen MR) is 58.3 cm³/mol. The zero-order chi connectivity index (χ0) is 10.6. The molecule has 0 unspecified atom stereocenters. The highest BCUT2D eigenvalue weighted by Crippen LogP contribution is 2.11. The highest BCUT2D eigenvalue weighted by Gasteiger charge is 2.09. The van der Waals surface area contributed by atoms with Gasteiger partial charge in [0.2, 0.25) is 5.88 Å². The highest BCUT2D eigenvalue weighted by molar-refractivity contribution is 7.80. The molecule has 76 valence electrons. The van der Waals surface area contributed by atoms with E-state index in [9.17, 15) is 0 Å².